The molecule has 2 nitrogen and oxygen atoms in total. The number of piperidine rings is 1. The van der Waals surface area contributed by atoms with Crippen LogP contribution in [-0.2, 0) is 4.79 Å². The molecule has 1 aliphatic carbocycles. The van der Waals surface area contributed by atoms with E-state index in [0.29, 0.717) is 17.9 Å². The van der Waals surface area contributed by atoms with Crippen LogP contribution in [0.2, 0.25) is 0 Å². The van der Waals surface area contributed by atoms with E-state index < -0.39 is 0 Å². The van der Waals surface area contributed by atoms with Crippen LogP contribution in [0.25, 0.3) is 0 Å². The summed E-state index contributed by atoms with van der Waals surface area (Å²) in [6.45, 7) is 5.19. The summed E-state index contributed by atoms with van der Waals surface area (Å²) in [6.07, 6.45) is 6.42. The minimum Gasteiger partial charge on any atom is -0.338 e. The van der Waals surface area contributed by atoms with Crippen molar-refractivity contribution in [1.29, 1.82) is 0 Å². The van der Waals surface area contributed by atoms with Gasteiger partial charge in [0.1, 0.15) is 0 Å². The van der Waals surface area contributed by atoms with Gasteiger partial charge in [0.05, 0.1) is 4.83 Å². The Kier molecular flexibility index (Phi) is 3.93. The molecule has 0 aromatic carbocycles. The number of fused-ring (bicyclic) bond motifs is 1. The number of rotatable bonds is 2. The Hall–Kier alpha value is -0.0500. The van der Waals surface area contributed by atoms with Gasteiger partial charge in [0.25, 0.3) is 0 Å². The lowest BCUT2D eigenvalue weighted by Crippen LogP contribution is -2.49. The van der Waals surface area contributed by atoms with E-state index in [9.17, 15) is 4.79 Å². The lowest BCUT2D eigenvalue weighted by Gasteiger charge is -2.39. The molecule has 0 radical (unpaired) electrons. The summed E-state index contributed by atoms with van der Waals surface area (Å²) >= 11 is 3.55. The van der Waals surface area contributed by atoms with Gasteiger partial charge in [-0.05, 0) is 37.5 Å². The lowest BCUT2D eigenvalue weighted by atomic mass is 9.91. The molecule has 92 valence electrons. The van der Waals surface area contributed by atoms with Crippen LogP contribution in [0.5, 0.6) is 0 Å². The molecule has 1 saturated carbocycles. The van der Waals surface area contributed by atoms with E-state index in [1.165, 1.54) is 32.1 Å². The average Bonchev–Trinajstić information content (AvgIpc) is 2.74. The zero-order chi connectivity index (χ0) is 11.7. The van der Waals surface area contributed by atoms with Crippen LogP contribution in [0.4, 0.5) is 0 Å². The van der Waals surface area contributed by atoms with Crippen LogP contribution in [0.3, 0.4) is 0 Å². The van der Waals surface area contributed by atoms with Crippen molar-refractivity contribution in [2.45, 2.75) is 56.8 Å². The number of alkyl halides is 1. The number of likely N-dealkylation sites (tertiary alicyclic amines) is 1. The van der Waals surface area contributed by atoms with Gasteiger partial charge in [-0.15, -0.1) is 0 Å². The fourth-order valence-corrected chi connectivity index (χ4v) is 3.43. The molecule has 2 rings (SSSR count). The number of hydrogen-bond donors (Lipinski definition) is 0. The number of carbonyl (C=O) groups is 1. The summed E-state index contributed by atoms with van der Waals surface area (Å²) in [6, 6.07) is 0.556. The summed E-state index contributed by atoms with van der Waals surface area (Å²) < 4.78 is 0. The third-order valence-corrected chi connectivity index (χ3v) is 5.55. The molecule has 0 spiro atoms. The maximum absolute atomic E-state index is 12.4. The number of amides is 1. The number of carbonyl (C=O) groups excluding carboxylic acids is 1. The third-order valence-electron chi connectivity index (χ3n) is 4.10. The van der Waals surface area contributed by atoms with Gasteiger partial charge in [0.15, 0.2) is 0 Å². The number of halogens is 1. The molecule has 1 saturated heterocycles. The van der Waals surface area contributed by atoms with Crippen molar-refractivity contribution in [2.75, 3.05) is 6.54 Å². The smallest absolute Gasteiger partial charge is 0.236 e. The highest BCUT2D eigenvalue weighted by atomic mass is 79.9. The fraction of sp³-hybridized carbons (Fsp3) is 0.923. The van der Waals surface area contributed by atoms with Gasteiger partial charge < -0.3 is 4.90 Å². The summed E-state index contributed by atoms with van der Waals surface area (Å²) in [5.41, 5.74) is 0. The van der Waals surface area contributed by atoms with Crippen LogP contribution < -0.4 is 0 Å². The van der Waals surface area contributed by atoms with Crippen molar-refractivity contribution in [1.82, 2.24) is 4.90 Å². The minimum atomic E-state index is 0.00634. The average molecular weight is 288 g/mol. The SMILES string of the molecule is CC(C)C(Br)C(=O)N1CCCC2CCCC21. The van der Waals surface area contributed by atoms with E-state index in [2.05, 4.69) is 34.7 Å². The maximum atomic E-state index is 12.4. The zero-order valence-electron chi connectivity index (χ0n) is 10.3. The van der Waals surface area contributed by atoms with Gasteiger partial charge in [-0.25, -0.2) is 0 Å². The molecule has 2 fully saturated rings. The molecular formula is C13H22BrNO. The first-order valence-corrected chi connectivity index (χ1v) is 7.47. The molecule has 3 heteroatoms. The Morgan fingerprint density at radius 1 is 1.25 bits per heavy atom. The first kappa shape index (κ1) is 12.4. The molecule has 1 amide bonds. The Labute approximate surface area is 107 Å². The Balaban J connectivity index is 2.05. The molecule has 1 aliphatic heterocycles. The van der Waals surface area contributed by atoms with Gasteiger partial charge >= 0.3 is 0 Å². The summed E-state index contributed by atoms with van der Waals surface area (Å²) in [7, 11) is 0. The molecule has 16 heavy (non-hydrogen) atoms. The van der Waals surface area contributed by atoms with Crippen molar-refractivity contribution in [2.24, 2.45) is 11.8 Å². The van der Waals surface area contributed by atoms with Crippen molar-refractivity contribution in [3.05, 3.63) is 0 Å². The molecule has 0 aromatic heterocycles. The van der Waals surface area contributed by atoms with E-state index in [4.69, 9.17) is 0 Å². The maximum Gasteiger partial charge on any atom is 0.236 e. The van der Waals surface area contributed by atoms with Crippen molar-refractivity contribution in [3.63, 3.8) is 0 Å². The fourth-order valence-electron chi connectivity index (χ4n) is 3.17. The molecule has 3 atom stereocenters. The van der Waals surface area contributed by atoms with E-state index >= 15 is 0 Å². The highest BCUT2D eigenvalue weighted by Crippen LogP contribution is 2.37. The van der Waals surface area contributed by atoms with Crippen LogP contribution in [0.15, 0.2) is 0 Å². The van der Waals surface area contributed by atoms with Gasteiger partial charge in [0, 0.05) is 12.6 Å². The Morgan fingerprint density at radius 2 is 1.94 bits per heavy atom. The van der Waals surface area contributed by atoms with Crippen LogP contribution in [0, 0.1) is 11.8 Å². The number of nitrogens with zero attached hydrogens (tertiary/aromatic N) is 1. The lowest BCUT2D eigenvalue weighted by molar-refractivity contribution is -0.135. The largest absolute Gasteiger partial charge is 0.338 e. The Bertz CT molecular complexity index is 267. The van der Waals surface area contributed by atoms with Gasteiger partial charge in [0.2, 0.25) is 5.91 Å². The first-order chi connectivity index (χ1) is 7.61. The van der Waals surface area contributed by atoms with Gasteiger partial charge in [-0.3, -0.25) is 4.79 Å². The van der Waals surface area contributed by atoms with E-state index in [1.54, 1.807) is 0 Å². The van der Waals surface area contributed by atoms with Gasteiger partial charge in [-0.2, -0.15) is 0 Å². The predicted octanol–water partition coefficient (Wildman–Crippen LogP) is 3.20. The highest BCUT2D eigenvalue weighted by molar-refractivity contribution is 9.10. The first-order valence-electron chi connectivity index (χ1n) is 6.56. The molecule has 2 aliphatic rings. The molecule has 1 heterocycles. The standard InChI is InChI=1S/C13H22BrNO/c1-9(2)12(14)13(16)15-8-4-6-10-5-3-7-11(10)15/h9-12H,3-8H2,1-2H3. The molecule has 0 N–H and O–H groups in total. The topological polar surface area (TPSA) is 20.3 Å². The normalized spacial score (nSPS) is 31.6. The second kappa shape index (κ2) is 5.07. The summed E-state index contributed by atoms with van der Waals surface area (Å²) in [5.74, 6) is 1.51. The summed E-state index contributed by atoms with van der Waals surface area (Å²) in [4.78, 5) is 14.5. The third kappa shape index (κ3) is 2.29. The minimum absolute atomic E-state index is 0.00634. The van der Waals surface area contributed by atoms with Crippen molar-refractivity contribution >= 4 is 21.8 Å². The zero-order valence-corrected chi connectivity index (χ0v) is 11.9. The van der Waals surface area contributed by atoms with E-state index in [-0.39, 0.29) is 4.83 Å². The van der Waals surface area contributed by atoms with Gasteiger partial charge in [-0.1, -0.05) is 36.2 Å². The molecular weight excluding hydrogens is 266 g/mol. The predicted molar refractivity (Wildman–Crippen MR) is 69.6 cm³/mol. The molecule has 0 aromatic rings. The quantitative estimate of drug-likeness (QED) is 0.715. The van der Waals surface area contributed by atoms with Crippen molar-refractivity contribution in [3.8, 4) is 0 Å². The van der Waals surface area contributed by atoms with Crippen LogP contribution in [0.1, 0.15) is 46.0 Å². The molecule has 3 unspecified atom stereocenters. The van der Waals surface area contributed by atoms with Crippen LogP contribution >= 0.6 is 15.9 Å². The van der Waals surface area contributed by atoms with E-state index in [1.807, 2.05) is 0 Å². The summed E-state index contributed by atoms with van der Waals surface area (Å²) in [5, 5.41) is 0. The molecule has 0 bridgehead atoms. The monoisotopic (exact) mass is 287 g/mol. The van der Waals surface area contributed by atoms with Crippen LogP contribution in [-0.4, -0.2) is 28.2 Å². The second-order valence-corrected chi connectivity index (χ2v) is 6.56. The highest BCUT2D eigenvalue weighted by Gasteiger charge is 2.39. The van der Waals surface area contributed by atoms with Crippen molar-refractivity contribution < 1.29 is 4.79 Å². The second-order valence-electron chi connectivity index (χ2n) is 5.58. The Morgan fingerprint density at radius 3 is 2.62 bits per heavy atom. The number of hydrogen-bond acceptors (Lipinski definition) is 1. The van der Waals surface area contributed by atoms with E-state index in [0.717, 1.165) is 12.5 Å².